The van der Waals surface area contributed by atoms with E-state index < -0.39 is 0 Å². The van der Waals surface area contributed by atoms with Gasteiger partial charge in [-0.15, -0.1) is 0 Å². The van der Waals surface area contributed by atoms with Crippen molar-refractivity contribution in [2.75, 3.05) is 25.6 Å². The van der Waals surface area contributed by atoms with Crippen molar-refractivity contribution in [3.63, 3.8) is 0 Å². The molecule has 0 saturated carbocycles. The van der Waals surface area contributed by atoms with Crippen LogP contribution in [0, 0.1) is 5.82 Å². The third-order valence-electron chi connectivity index (χ3n) is 2.55. The van der Waals surface area contributed by atoms with Crippen LogP contribution in [-0.4, -0.2) is 29.8 Å². The first-order chi connectivity index (χ1) is 8.79. The normalized spacial score (nSPS) is 10.6. The second-order valence-corrected chi connectivity index (χ2v) is 3.93. The number of aromatic nitrogens is 2. The number of benzene rings is 1. The third kappa shape index (κ3) is 3.30. The van der Waals surface area contributed by atoms with Crippen molar-refractivity contribution in [3.8, 4) is 0 Å². The van der Waals surface area contributed by atoms with Gasteiger partial charge in [-0.25, -0.2) is 9.37 Å². The quantitative estimate of drug-likeness (QED) is 0.797. The van der Waals surface area contributed by atoms with Crippen molar-refractivity contribution in [2.24, 2.45) is 0 Å². The molecule has 18 heavy (non-hydrogen) atoms. The van der Waals surface area contributed by atoms with Crippen LogP contribution in [0.5, 0.6) is 0 Å². The van der Waals surface area contributed by atoms with Crippen LogP contribution in [0.3, 0.4) is 0 Å². The fourth-order valence-electron chi connectivity index (χ4n) is 1.70. The SMILES string of the molecule is COCCNc1nccn1Cc1cccc(F)c1. The van der Waals surface area contributed by atoms with Crippen LogP contribution in [0.4, 0.5) is 10.3 Å². The Kier molecular flexibility index (Phi) is 4.30. The molecule has 96 valence electrons. The van der Waals surface area contributed by atoms with E-state index in [0.29, 0.717) is 19.7 Å². The molecule has 0 bridgehead atoms. The van der Waals surface area contributed by atoms with Crippen LogP contribution in [0.25, 0.3) is 0 Å². The van der Waals surface area contributed by atoms with Gasteiger partial charge in [0, 0.05) is 26.0 Å². The largest absolute Gasteiger partial charge is 0.383 e. The Labute approximate surface area is 105 Å². The second kappa shape index (κ2) is 6.16. The average molecular weight is 249 g/mol. The van der Waals surface area contributed by atoms with Gasteiger partial charge in [0.25, 0.3) is 0 Å². The summed E-state index contributed by atoms with van der Waals surface area (Å²) in [7, 11) is 1.65. The maximum atomic E-state index is 13.1. The zero-order chi connectivity index (χ0) is 12.8. The molecule has 0 radical (unpaired) electrons. The van der Waals surface area contributed by atoms with E-state index in [1.165, 1.54) is 12.1 Å². The molecule has 0 aliphatic carbocycles. The highest BCUT2D eigenvalue weighted by atomic mass is 19.1. The summed E-state index contributed by atoms with van der Waals surface area (Å²) in [6.07, 6.45) is 3.58. The summed E-state index contributed by atoms with van der Waals surface area (Å²) in [6, 6.07) is 6.57. The lowest BCUT2D eigenvalue weighted by Gasteiger charge is -2.09. The standard InChI is InChI=1S/C13H16FN3O/c1-18-8-6-16-13-15-5-7-17(13)10-11-3-2-4-12(14)9-11/h2-5,7,9H,6,8,10H2,1H3,(H,15,16). The average Bonchev–Trinajstić information content (AvgIpc) is 2.77. The molecular weight excluding hydrogens is 233 g/mol. The van der Waals surface area contributed by atoms with Crippen LogP contribution < -0.4 is 5.32 Å². The number of imidazole rings is 1. The van der Waals surface area contributed by atoms with Gasteiger partial charge >= 0.3 is 0 Å². The molecule has 0 atom stereocenters. The van der Waals surface area contributed by atoms with Crippen molar-refractivity contribution in [2.45, 2.75) is 6.54 Å². The second-order valence-electron chi connectivity index (χ2n) is 3.93. The lowest BCUT2D eigenvalue weighted by molar-refractivity contribution is 0.210. The van der Waals surface area contributed by atoms with E-state index in [9.17, 15) is 4.39 Å². The molecular formula is C13H16FN3O. The Balaban J connectivity index is 2.03. The molecule has 1 aromatic carbocycles. The van der Waals surface area contributed by atoms with Crippen LogP contribution in [-0.2, 0) is 11.3 Å². The van der Waals surface area contributed by atoms with Crippen LogP contribution >= 0.6 is 0 Å². The molecule has 0 saturated heterocycles. The molecule has 0 fully saturated rings. The monoisotopic (exact) mass is 249 g/mol. The molecule has 2 aromatic rings. The predicted molar refractivity (Wildman–Crippen MR) is 68.1 cm³/mol. The Morgan fingerprint density at radius 1 is 1.44 bits per heavy atom. The molecule has 0 spiro atoms. The predicted octanol–water partition coefficient (Wildman–Crippen LogP) is 2.13. The number of hydrogen-bond donors (Lipinski definition) is 1. The van der Waals surface area contributed by atoms with Crippen molar-refractivity contribution >= 4 is 5.95 Å². The van der Waals surface area contributed by atoms with Gasteiger partial charge in [-0.1, -0.05) is 12.1 Å². The molecule has 0 amide bonds. The Hall–Kier alpha value is -1.88. The van der Waals surface area contributed by atoms with E-state index in [4.69, 9.17) is 4.74 Å². The number of methoxy groups -OCH3 is 1. The number of anilines is 1. The summed E-state index contributed by atoms with van der Waals surface area (Å²) in [5.74, 6) is 0.540. The van der Waals surface area contributed by atoms with Gasteiger partial charge in [-0.05, 0) is 17.7 Å². The minimum Gasteiger partial charge on any atom is -0.383 e. The van der Waals surface area contributed by atoms with Gasteiger partial charge in [0.15, 0.2) is 0 Å². The van der Waals surface area contributed by atoms with E-state index in [1.54, 1.807) is 19.4 Å². The summed E-state index contributed by atoms with van der Waals surface area (Å²) in [6.45, 7) is 1.90. The Bertz CT molecular complexity index is 498. The van der Waals surface area contributed by atoms with Crippen LogP contribution in [0.1, 0.15) is 5.56 Å². The van der Waals surface area contributed by atoms with Crippen molar-refractivity contribution in [1.29, 1.82) is 0 Å². The molecule has 0 aliphatic heterocycles. The van der Waals surface area contributed by atoms with E-state index in [-0.39, 0.29) is 5.82 Å². The van der Waals surface area contributed by atoms with E-state index in [0.717, 1.165) is 11.5 Å². The van der Waals surface area contributed by atoms with Gasteiger partial charge in [0.1, 0.15) is 5.82 Å². The highest BCUT2D eigenvalue weighted by molar-refractivity contribution is 5.28. The van der Waals surface area contributed by atoms with Crippen LogP contribution in [0.15, 0.2) is 36.7 Å². The lowest BCUT2D eigenvalue weighted by Crippen LogP contribution is -2.12. The highest BCUT2D eigenvalue weighted by Gasteiger charge is 2.03. The number of halogens is 1. The topological polar surface area (TPSA) is 39.1 Å². The number of nitrogens with zero attached hydrogens (tertiary/aromatic N) is 2. The zero-order valence-corrected chi connectivity index (χ0v) is 10.3. The number of nitrogens with one attached hydrogen (secondary N) is 1. The van der Waals surface area contributed by atoms with Crippen molar-refractivity contribution < 1.29 is 9.13 Å². The number of hydrogen-bond acceptors (Lipinski definition) is 3. The third-order valence-corrected chi connectivity index (χ3v) is 2.55. The maximum absolute atomic E-state index is 13.1. The van der Waals surface area contributed by atoms with E-state index in [2.05, 4.69) is 10.3 Å². The Morgan fingerprint density at radius 2 is 2.33 bits per heavy atom. The fraction of sp³-hybridized carbons (Fsp3) is 0.308. The molecule has 1 N–H and O–H groups in total. The minimum absolute atomic E-state index is 0.221. The first kappa shape index (κ1) is 12.6. The van der Waals surface area contributed by atoms with Gasteiger partial charge in [0.2, 0.25) is 5.95 Å². The lowest BCUT2D eigenvalue weighted by atomic mass is 10.2. The van der Waals surface area contributed by atoms with Gasteiger partial charge in [0.05, 0.1) is 13.2 Å². The Morgan fingerprint density at radius 3 is 3.11 bits per heavy atom. The molecule has 1 heterocycles. The van der Waals surface area contributed by atoms with Gasteiger partial charge < -0.3 is 14.6 Å². The van der Waals surface area contributed by atoms with E-state index in [1.807, 2.05) is 16.8 Å². The van der Waals surface area contributed by atoms with Gasteiger partial charge in [-0.2, -0.15) is 0 Å². The maximum Gasteiger partial charge on any atom is 0.203 e. The molecule has 2 rings (SSSR count). The smallest absolute Gasteiger partial charge is 0.203 e. The highest BCUT2D eigenvalue weighted by Crippen LogP contribution is 2.10. The first-order valence-corrected chi connectivity index (χ1v) is 5.78. The summed E-state index contributed by atoms with van der Waals surface area (Å²) < 4.78 is 20.0. The molecule has 0 unspecified atom stereocenters. The number of ether oxygens (including phenoxy) is 1. The molecule has 5 heteroatoms. The van der Waals surface area contributed by atoms with Crippen molar-refractivity contribution in [3.05, 3.63) is 48.0 Å². The minimum atomic E-state index is -0.221. The fourth-order valence-corrected chi connectivity index (χ4v) is 1.70. The molecule has 0 aliphatic rings. The van der Waals surface area contributed by atoms with Crippen LogP contribution in [0.2, 0.25) is 0 Å². The zero-order valence-electron chi connectivity index (χ0n) is 10.3. The molecule has 1 aromatic heterocycles. The summed E-state index contributed by atoms with van der Waals surface area (Å²) in [5.41, 5.74) is 0.905. The number of rotatable bonds is 6. The van der Waals surface area contributed by atoms with Crippen molar-refractivity contribution in [1.82, 2.24) is 9.55 Å². The molecule has 4 nitrogen and oxygen atoms in total. The van der Waals surface area contributed by atoms with E-state index >= 15 is 0 Å². The van der Waals surface area contributed by atoms with Gasteiger partial charge in [-0.3, -0.25) is 0 Å². The summed E-state index contributed by atoms with van der Waals surface area (Å²) >= 11 is 0. The first-order valence-electron chi connectivity index (χ1n) is 5.78. The summed E-state index contributed by atoms with van der Waals surface area (Å²) in [4.78, 5) is 4.21. The summed E-state index contributed by atoms with van der Waals surface area (Å²) in [5, 5.41) is 3.16.